The van der Waals surface area contributed by atoms with E-state index in [9.17, 15) is 27.6 Å². The van der Waals surface area contributed by atoms with Crippen molar-refractivity contribution in [1.29, 1.82) is 0 Å². The van der Waals surface area contributed by atoms with Crippen LogP contribution in [0.1, 0.15) is 45.4 Å². The Kier molecular flexibility index (Phi) is 5.02. The van der Waals surface area contributed by atoms with E-state index in [0.717, 1.165) is 12.8 Å². The lowest BCUT2D eigenvalue weighted by Gasteiger charge is -2.74. The predicted molar refractivity (Wildman–Crippen MR) is 87.0 cm³/mol. The first-order chi connectivity index (χ1) is 12.6. The first-order valence-corrected chi connectivity index (χ1v) is 9.17. The topological polar surface area (TPSA) is 87.7 Å². The molecule has 2 N–H and O–H groups in total. The molecule has 27 heavy (non-hydrogen) atoms. The van der Waals surface area contributed by atoms with E-state index < -0.39 is 29.8 Å². The molecule has 0 aromatic carbocycles. The number of nitrogens with zero attached hydrogens (tertiary/aromatic N) is 1. The van der Waals surface area contributed by atoms with Crippen LogP contribution < -0.4 is 10.9 Å². The van der Waals surface area contributed by atoms with Crippen LogP contribution in [0.4, 0.5) is 18.0 Å². The molecule has 0 aromatic heterocycles. The lowest BCUT2D eigenvalue weighted by atomic mass is 9.31. The molecule has 0 radical (unpaired) electrons. The van der Waals surface area contributed by atoms with Crippen LogP contribution in [0.3, 0.4) is 0 Å². The molecule has 0 spiro atoms. The van der Waals surface area contributed by atoms with Gasteiger partial charge in [-0.25, -0.2) is 4.79 Å². The number of carbonyl (C=O) groups excluding carboxylic acids is 3. The third-order valence-electron chi connectivity index (χ3n) is 5.96. The highest BCUT2D eigenvalue weighted by Crippen LogP contribution is 2.77. The van der Waals surface area contributed by atoms with Crippen LogP contribution in [0.15, 0.2) is 0 Å². The van der Waals surface area contributed by atoms with E-state index in [4.69, 9.17) is 4.74 Å². The normalized spacial score (nSPS) is 29.1. The second-order valence-electron chi connectivity index (χ2n) is 8.04. The first kappa shape index (κ1) is 19.8. The first-order valence-electron chi connectivity index (χ1n) is 9.17. The van der Waals surface area contributed by atoms with Gasteiger partial charge in [-0.1, -0.05) is 13.3 Å². The fourth-order valence-electron chi connectivity index (χ4n) is 4.44. The van der Waals surface area contributed by atoms with Crippen molar-refractivity contribution in [1.82, 2.24) is 15.8 Å². The van der Waals surface area contributed by atoms with Crippen molar-refractivity contribution in [3.05, 3.63) is 0 Å². The molecule has 3 saturated carbocycles. The lowest BCUT2D eigenvalue weighted by Crippen LogP contribution is -2.75. The second-order valence-corrected chi connectivity index (χ2v) is 8.04. The molecule has 0 atom stereocenters. The highest BCUT2D eigenvalue weighted by molar-refractivity contribution is 5.88. The number of nitrogens with one attached hydrogen (secondary N) is 2. The zero-order valence-electron chi connectivity index (χ0n) is 15.2. The number of hydrogen-bond acceptors (Lipinski definition) is 4. The van der Waals surface area contributed by atoms with Gasteiger partial charge in [-0.05, 0) is 31.1 Å². The monoisotopic (exact) mass is 391 g/mol. The standard InChI is InChI=1S/C17H24F3N3O4/c1-2-3-4-27-14(26)23-6-11(7-23)15-8-16(9-15,10-15)13(25)22-21-12(24)5-17(18,19)20/h11H,2-10H2,1H3,(H,21,24)(H,22,25). The summed E-state index contributed by atoms with van der Waals surface area (Å²) >= 11 is 0. The highest BCUT2D eigenvalue weighted by atomic mass is 19.4. The maximum atomic E-state index is 12.2. The van der Waals surface area contributed by atoms with Crippen LogP contribution >= 0.6 is 0 Å². The molecule has 152 valence electrons. The summed E-state index contributed by atoms with van der Waals surface area (Å²) in [5, 5.41) is 0. The van der Waals surface area contributed by atoms with Gasteiger partial charge < -0.3 is 9.64 Å². The average molecular weight is 391 g/mol. The Bertz CT molecular complexity index is 612. The molecule has 2 bridgehead atoms. The van der Waals surface area contributed by atoms with Crippen LogP contribution in [-0.2, 0) is 14.3 Å². The van der Waals surface area contributed by atoms with Crippen LogP contribution in [0.2, 0.25) is 0 Å². The third kappa shape index (κ3) is 3.84. The van der Waals surface area contributed by atoms with Gasteiger partial charge in [0.25, 0.3) is 0 Å². The number of unbranched alkanes of at least 4 members (excludes halogenated alkanes) is 1. The van der Waals surface area contributed by atoms with Gasteiger partial charge in [-0.3, -0.25) is 20.4 Å². The van der Waals surface area contributed by atoms with Gasteiger partial charge in [0.2, 0.25) is 11.8 Å². The van der Waals surface area contributed by atoms with E-state index in [1.54, 1.807) is 4.90 Å². The number of hydrogen-bond donors (Lipinski definition) is 2. The maximum absolute atomic E-state index is 12.2. The molecule has 10 heteroatoms. The van der Waals surface area contributed by atoms with Gasteiger partial charge >= 0.3 is 12.3 Å². The SMILES string of the molecule is CCCCOC(=O)N1CC(C23CC(C(=O)NNC(=O)CC(F)(F)F)(C2)C3)C1. The van der Waals surface area contributed by atoms with Gasteiger partial charge in [0.1, 0.15) is 6.42 Å². The van der Waals surface area contributed by atoms with Crippen LogP contribution in [0, 0.1) is 16.7 Å². The largest absolute Gasteiger partial charge is 0.449 e. The van der Waals surface area contributed by atoms with Crippen molar-refractivity contribution < 1.29 is 32.3 Å². The van der Waals surface area contributed by atoms with Gasteiger partial charge in [0.05, 0.1) is 12.0 Å². The Labute approximate surface area is 154 Å². The van der Waals surface area contributed by atoms with E-state index in [2.05, 4.69) is 5.43 Å². The summed E-state index contributed by atoms with van der Waals surface area (Å²) in [5.74, 6) is -1.39. The predicted octanol–water partition coefficient (Wildman–Crippen LogP) is 2.12. The number of hydrazine groups is 1. The molecule has 4 rings (SSSR count). The Morgan fingerprint density at radius 1 is 1.15 bits per heavy atom. The molecule has 3 aliphatic carbocycles. The lowest BCUT2D eigenvalue weighted by molar-refractivity contribution is -0.246. The molecule has 0 aromatic rings. The van der Waals surface area contributed by atoms with Crippen molar-refractivity contribution in [2.75, 3.05) is 19.7 Å². The van der Waals surface area contributed by atoms with Crippen molar-refractivity contribution in [2.45, 2.75) is 51.6 Å². The fourth-order valence-corrected chi connectivity index (χ4v) is 4.44. The van der Waals surface area contributed by atoms with E-state index in [1.807, 2.05) is 12.3 Å². The molecule has 0 unspecified atom stereocenters. The molecule has 4 aliphatic rings. The number of alkyl halides is 3. The quantitative estimate of drug-likeness (QED) is 0.536. The van der Waals surface area contributed by atoms with Crippen LogP contribution in [0.25, 0.3) is 0 Å². The molecular formula is C17H24F3N3O4. The maximum Gasteiger partial charge on any atom is 0.409 e. The van der Waals surface area contributed by atoms with Gasteiger partial charge in [-0.15, -0.1) is 0 Å². The summed E-state index contributed by atoms with van der Waals surface area (Å²) in [4.78, 5) is 36.8. The van der Waals surface area contributed by atoms with Crippen molar-refractivity contribution >= 4 is 17.9 Å². The number of carbonyl (C=O) groups is 3. The minimum Gasteiger partial charge on any atom is -0.449 e. The zero-order valence-corrected chi connectivity index (χ0v) is 15.2. The summed E-state index contributed by atoms with van der Waals surface area (Å²) in [7, 11) is 0. The van der Waals surface area contributed by atoms with E-state index in [-0.39, 0.29) is 11.5 Å². The molecule has 1 saturated heterocycles. The summed E-state index contributed by atoms with van der Waals surface area (Å²) in [5.41, 5.74) is 3.38. The number of ether oxygens (including phenoxy) is 1. The zero-order chi connectivity index (χ0) is 19.9. The number of halogens is 3. The van der Waals surface area contributed by atoms with Crippen molar-refractivity contribution in [3.63, 3.8) is 0 Å². The van der Waals surface area contributed by atoms with E-state index >= 15 is 0 Å². The smallest absolute Gasteiger partial charge is 0.409 e. The molecule has 7 nitrogen and oxygen atoms in total. The Balaban J connectivity index is 1.35. The van der Waals surface area contributed by atoms with E-state index in [1.165, 1.54) is 0 Å². The van der Waals surface area contributed by atoms with Gasteiger partial charge in [-0.2, -0.15) is 13.2 Å². The second kappa shape index (κ2) is 6.87. The Morgan fingerprint density at radius 3 is 2.33 bits per heavy atom. The van der Waals surface area contributed by atoms with Crippen molar-refractivity contribution in [2.24, 2.45) is 16.7 Å². The van der Waals surface area contributed by atoms with Crippen LogP contribution in [0.5, 0.6) is 0 Å². The van der Waals surface area contributed by atoms with Crippen molar-refractivity contribution in [3.8, 4) is 0 Å². The molecule has 3 amide bonds. The molecular weight excluding hydrogens is 367 g/mol. The number of likely N-dealkylation sites (tertiary alicyclic amines) is 1. The summed E-state index contributed by atoms with van der Waals surface area (Å²) < 4.78 is 41.5. The van der Waals surface area contributed by atoms with E-state index in [0.29, 0.717) is 44.9 Å². The molecule has 4 fully saturated rings. The number of rotatable bonds is 6. The molecule has 1 aliphatic heterocycles. The molecule has 1 heterocycles. The van der Waals surface area contributed by atoms with Crippen LogP contribution in [-0.4, -0.2) is 48.7 Å². The van der Waals surface area contributed by atoms with Gasteiger partial charge in [0.15, 0.2) is 0 Å². The number of amides is 3. The summed E-state index contributed by atoms with van der Waals surface area (Å²) in [6.07, 6.45) is -2.81. The summed E-state index contributed by atoms with van der Waals surface area (Å²) in [6.45, 7) is 3.67. The Hall–Kier alpha value is -2.00. The Morgan fingerprint density at radius 2 is 1.78 bits per heavy atom. The van der Waals surface area contributed by atoms with Gasteiger partial charge in [0, 0.05) is 19.0 Å². The fraction of sp³-hybridized carbons (Fsp3) is 0.824. The highest BCUT2D eigenvalue weighted by Gasteiger charge is 2.74. The average Bonchev–Trinajstić information content (AvgIpc) is 2.42. The minimum absolute atomic E-state index is 0.0352. The third-order valence-corrected chi connectivity index (χ3v) is 5.96. The minimum atomic E-state index is -4.61. The summed E-state index contributed by atoms with van der Waals surface area (Å²) in [6, 6.07) is 0.